The normalized spacial score (nSPS) is 10.1. The van der Waals surface area contributed by atoms with Crippen LogP contribution >= 0.6 is 27.5 Å². The first-order valence-electron chi connectivity index (χ1n) is 5.82. The van der Waals surface area contributed by atoms with Crippen LogP contribution in [-0.4, -0.2) is 24.2 Å². The van der Waals surface area contributed by atoms with Crippen LogP contribution in [0.4, 0.5) is 0 Å². The minimum Gasteiger partial charge on any atom is -0.490 e. The van der Waals surface area contributed by atoms with Gasteiger partial charge in [0.25, 0.3) is 0 Å². The number of hydrogen-bond acceptors (Lipinski definition) is 4. The van der Waals surface area contributed by atoms with Gasteiger partial charge in [-0.15, -0.1) is 0 Å². The Balaban J connectivity index is 1.77. The second-order valence-corrected chi connectivity index (χ2v) is 5.11. The van der Waals surface area contributed by atoms with Crippen LogP contribution in [0.1, 0.15) is 10.4 Å². The Bertz CT molecular complexity index is 606. The minimum absolute atomic E-state index is 0.158. The number of hydrogen-bond donors (Lipinski definition) is 0. The molecule has 0 saturated heterocycles. The molecular weight excluding hydrogens is 346 g/mol. The molecule has 0 fully saturated rings. The molecule has 1 aromatic heterocycles. The van der Waals surface area contributed by atoms with Crippen LogP contribution in [0.5, 0.6) is 5.75 Å². The van der Waals surface area contributed by atoms with Crippen molar-refractivity contribution in [1.29, 1.82) is 0 Å². The molecule has 0 aliphatic heterocycles. The highest BCUT2D eigenvalue weighted by molar-refractivity contribution is 9.10. The van der Waals surface area contributed by atoms with E-state index in [1.54, 1.807) is 6.07 Å². The topological polar surface area (TPSA) is 48.4 Å². The summed E-state index contributed by atoms with van der Waals surface area (Å²) in [5, 5.41) is 0.254. The molecule has 0 N–H and O–H groups in total. The van der Waals surface area contributed by atoms with Crippen LogP contribution in [0.25, 0.3) is 0 Å². The van der Waals surface area contributed by atoms with Gasteiger partial charge in [0, 0.05) is 10.7 Å². The molecule has 1 heterocycles. The lowest BCUT2D eigenvalue weighted by Gasteiger charge is -2.07. The Morgan fingerprint density at radius 3 is 2.85 bits per heavy atom. The summed E-state index contributed by atoms with van der Waals surface area (Å²) in [5.74, 6) is 0.259. The Hall–Kier alpha value is -1.59. The summed E-state index contributed by atoms with van der Waals surface area (Å²) < 4.78 is 11.5. The number of nitrogens with zero attached hydrogens (tertiary/aromatic N) is 1. The highest BCUT2D eigenvalue weighted by Crippen LogP contribution is 2.17. The van der Waals surface area contributed by atoms with E-state index < -0.39 is 5.97 Å². The fourth-order valence-corrected chi connectivity index (χ4v) is 2.02. The lowest BCUT2D eigenvalue weighted by atomic mass is 10.3. The van der Waals surface area contributed by atoms with Gasteiger partial charge in [0.15, 0.2) is 0 Å². The third-order valence-electron chi connectivity index (χ3n) is 2.34. The number of aromatic nitrogens is 1. The lowest BCUT2D eigenvalue weighted by molar-refractivity contribution is 0.0450. The zero-order chi connectivity index (χ0) is 14.4. The average Bonchev–Trinajstić information content (AvgIpc) is 2.43. The number of halogens is 2. The molecule has 0 radical (unpaired) electrons. The smallest absolute Gasteiger partial charge is 0.338 e. The van der Waals surface area contributed by atoms with Gasteiger partial charge in [-0.3, -0.25) is 0 Å². The van der Waals surface area contributed by atoms with Gasteiger partial charge in [-0.2, -0.15) is 0 Å². The van der Waals surface area contributed by atoms with E-state index in [0.29, 0.717) is 11.3 Å². The van der Waals surface area contributed by atoms with Gasteiger partial charge in [-0.05, 0) is 30.3 Å². The number of carbonyl (C=O) groups is 1. The maximum atomic E-state index is 11.7. The van der Waals surface area contributed by atoms with Crippen molar-refractivity contribution in [2.45, 2.75) is 0 Å². The standard InChI is InChI=1S/C14H11BrClNO3/c15-11-2-1-3-12(9-11)19-6-7-20-14(18)10-4-5-17-13(16)8-10/h1-5,8-9H,6-7H2. The first-order chi connectivity index (χ1) is 9.65. The fraction of sp³-hybridized carbons (Fsp3) is 0.143. The summed E-state index contributed by atoms with van der Waals surface area (Å²) in [6, 6.07) is 10.4. The average molecular weight is 357 g/mol. The van der Waals surface area contributed by atoms with E-state index in [4.69, 9.17) is 21.1 Å². The highest BCUT2D eigenvalue weighted by Gasteiger charge is 2.07. The Kier molecular flexibility index (Phi) is 5.38. The number of rotatable bonds is 5. The molecule has 0 bridgehead atoms. The van der Waals surface area contributed by atoms with Gasteiger partial charge in [0.05, 0.1) is 5.56 Å². The SMILES string of the molecule is O=C(OCCOc1cccc(Br)c1)c1ccnc(Cl)c1. The molecule has 20 heavy (non-hydrogen) atoms. The summed E-state index contributed by atoms with van der Waals surface area (Å²) in [6.45, 7) is 0.437. The predicted octanol–water partition coefficient (Wildman–Crippen LogP) is 3.73. The number of carbonyl (C=O) groups excluding carboxylic acids is 1. The largest absolute Gasteiger partial charge is 0.490 e. The van der Waals surface area contributed by atoms with Crippen molar-refractivity contribution in [3.8, 4) is 5.75 Å². The van der Waals surface area contributed by atoms with E-state index in [0.717, 1.165) is 4.47 Å². The maximum absolute atomic E-state index is 11.7. The van der Waals surface area contributed by atoms with Gasteiger partial charge in [-0.1, -0.05) is 33.6 Å². The lowest BCUT2D eigenvalue weighted by Crippen LogP contribution is -2.12. The second-order valence-electron chi connectivity index (χ2n) is 3.81. The first-order valence-corrected chi connectivity index (χ1v) is 6.99. The monoisotopic (exact) mass is 355 g/mol. The molecule has 6 heteroatoms. The summed E-state index contributed by atoms with van der Waals surface area (Å²) >= 11 is 9.04. The first kappa shape index (κ1) is 14.8. The van der Waals surface area contributed by atoms with Gasteiger partial charge in [-0.25, -0.2) is 9.78 Å². The van der Waals surface area contributed by atoms with E-state index >= 15 is 0 Å². The van der Waals surface area contributed by atoms with Crippen molar-refractivity contribution in [1.82, 2.24) is 4.98 Å². The van der Waals surface area contributed by atoms with Crippen molar-refractivity contribution in [3.05, 3.63) is 57.8 Å². The van der Waals surface area contributed by atoms with Crippen molar-refractivity contribution in [3.63, 3.8) is 0 Å². The number of ether oxygens (including phenoxy) is 2. The van der Waals surface area contributed by atoms with Crippen LogP contribution in [0.3, 0.4) is 0 Å². The van der Waals surface area contributed by atoms with E-state index in [1.165, 1.54) is 12.3 Å². The molecule has 0 unspecified atom stereocenters. The summed E-state index contributed by atoms with van der Waals surface area (Å²) in [7, 11) is 0. The Morgan fingerprint density at radius 1 is 1.25 bits per heavy atom. The summed E-state index contributed by atoms with van der Waals surface area (Å²) in [5.41, 5.74) is 0.368. The molecule has 0 spiro atoms. The van der Waals surface area contributed by atoms with E-state index in [-0.39, 0.29) is 18.4 Å². The quantitative estimate of drug-likeness (QED) is 0.465. The molecule has 0 saturated carbocycles. The molecule has 1 aromatic carbocycles. The number of benzene rings is 1. The van der Waals surface area contributed by atoms with Crippen molar-refractivity contribution < 1.29 is 14.3 Å². The predicted molar refractivity (Wildman–Crippen MR) is 79.2 cm³/mol. The van der Waals surface area contributed by atoms with Crippen molar-refractivity contribution in [2.24, 2.45) is 0 Å². The van der Waals surface area contributed by atoms with Crippen LogP contribution in [0.2, 0.25) is 5.15 Å². The molecule has 0 aliphatic carbocycles. The number of pyridine rings is 1. The fourth-order valence-electron chi connectivity index (χ4n) is 1.46. The minimum atomic E-state index is -0.452. The van der Waals surface area contributed by atoms with Crippen LogP contribution in [-0.2, 0) is 4.74 Å². The van der Waals surface area contributed by atoms with E-state index in [9.17, 15) is 4.79 Å². The van der Waals surface area contributed by atoms with E-state index in [1.807, 2.05) is 24.3 Å². The molecule has 0 aliphatic rings. The zero-order valence-electron chi connectivity index (χ0n) is 10.4. The summed E-state index contributed by atoms with van der Waals surface area (Å²) in [4.78, 5) is 15.5. The second kappa shape index (κ2) is 7.26. The van der Waals surface area contributed by atoms with Crippen LogP contribution in [0.15, 0.2) is 47.1 Å². The molecule has 2 rings (SSSR count). The van der Waals surface area contributed by atoms with Gasteiger partial charge >= 0.3 is 5.97 Å². The molecule has 0 amide bonds. The van der Waals surface area contributed by atoms with Crippen LogP contribution < -0.4 is 4.74 Å². The van der Waals surface area contributed by atoms with Gasteiger partial charge < -0.3 is 9.47 Å². The molecule has 4 nitrogen and oxygen atoms in total. The molecule has 104 valence electrons. The van der Waals surface area contributed by atoms with E-state index in [2.05, 4.69) is 20.9 Å². The number of esters is 1. The van der Waals surface area contributed by atoms with Gasteiger partial charge in [0.2, 0.25) is 0 Å². The van der Waals surface area contributed by atoms with Crippen LogP contribution in [0, 0.1) is 0 Å². The molecule has 0 atom stereocenters. The van der Waals surface area contributed by atoms with Crippen molar-refractivity contribution >= 4 is 33.5 Å². The Morgan fingerprint density at radius 2 is 2.10 bits per heavy atom. The summed E-state index contributed by atoms with van der Waals surface area (Å²) in [6.07, 6.45) is 1.46. The van der Waals surface area contributed by atoms with Crippen molar-refractivity contribution in [2.75, 3.05) is 13.2 Å². The maximum Gasteiger partial charge on any atom is 0.338 e. The van der Waals surface area contributed by atoms with Gasteiger partial charge in [0.1, 0.15) is 24.1 Å². The third-order valence-corrected chi connectivity index (χ3v) is 3.04. The highest BCUT2D eigenvalue weighted by atomic mass is 79.9. The zero-order valence-corrected chi connectivity index (χ0v) is 12.7. The molecular formula is C14H11BrClNO3. The molecule has 2 aromatic rings. The third kappa shape index (κ3) is 4.51. The Labute approximate surface area is 129 Å².